The van der Waals surface area contributed by atoms with Crippen molar-refractivity contribution in [2.45, 2.75) is 32.6 Å². The lowest BCUT2D eigenvalue weighted by atomic mass is 10.1. The summed E-state index contributed by atoms with van der Waals surface area (Å²) in [6.45, 7) is 2.15. The standard InChI is InChI=1S/C14H16N6O/c1-2-3-4-5-12-15-11-7-6-9(13-17-19-20-18-13)8-10(11)14(21)16-12/h6-8H,2-5H2,1H3,(H,15,16,21)(H,17,18,19,20). The molecule has 0 radical (unpaired) electrons. The smallest absolute Gasteiger partial charge is 0.258 e. The zero-order chi connectivity index (χ0) is 14.7. The van der Waals surface area contributed by atoms with E-state index in [9.17, 15) is 4.79 Å². The molecule has 0 amide bonds. The molecule has 7 nitrogen and oxygen atoms in total. The highest BCUT2D eigenvalue weighted by molar-refractivity contribution is 5.82. The Hall–Kier alpha value is -2.57. The van der Waals surface area contributed by atoms with Crippen LogP contribution in [0.4, 0.5) is 0 Å². The molecule has 0 bridgehead atoms. The van der Waals surface area contributed by atoms with Crippen molar-refractivity contribution in [1.82, 2.24) is 30.6 Å². The number of rotatable bonds is 5. The van der Waals surface area contributed by atoms with Gasteiger partial charge in [0.1, 0.15) is 5.82 Å². The highest BCUT2D eigenvalue weighted by Crippen LogP contribution is 2.18. The van der Waals surface area contributed by atoms with E-state index in [2.05, 4.69) is 37.5 Å². The van der Waals surface area contributed by atoms with Gasteiger partial charge in [0.15, 0.2) is 5.82 Å². The summed E-state index contributed by atoms with van der Waals surface area (Å²) in [6, 6.07) is 5.43. The van der Waals surface area contributed by atoms with Crippen molar-refractivity contribution in [3.05, 3.63) is 34.4 Å². The molecule has 0 aliphatic heterocycles. The number of nitrogens with zero attached hydrogens (tertiary/aromatic N) is 4. The van der Waals surface area contributed by atoms with Crippen molar-refractivity contribution in [3.63, 3.8) is 0 Å². The Labute approximate surface area is 120 Å². The second kappa shape index (κ2) is 5.82. The number of aromatic nitrogens is 6. The normalized spacial score (nSPS) is 11.1. The maximum Gasteiger partial charge on any atom is 0.258 e. The minimum absolute atomic E-state index is 0.124. The molecule has 0 aliphatic carbocycles. The molecule has 0 atom stereocenters. The summed E-state index contributed by atoms with van der Waals surface area (Å²) in [6.07, 6.45) is 4.12. The molecule has 3 aromatic rings. The van der Waals surface area contributed by atoms with Crippen LogP contribution in [0.25, 0.3) is 22.3 Å². The lowest BCUT2D eigenvalue weighted by molar-refractivity contribution is 0.694. The van der Waals surface area contributed by atoms with Crippen LogP contribution in [0.2, 0.25) is 0 Å². The molecule has 1 aromatic carbocycles. The molecule has 3 rings (SSSR count). The Balaban J connectivity index is 1.98. The van der Waals surface area contributed by atoms with E-state index < -0.39 is 0 Å². The van der Waals surface area contributed by atoms with E-state index in [4.69, 9.17) is 0 Å². The summed E-state index contributed by atoms with van der Waals surface area (Å²) in [5, 5.41) is 14.1. The highest BCUT2D eigenvalue weighted by atomic mass is 16.1. The molecule has 2 heterocycles. The number of hydrogen-bond donors (Lipinski definition) is 2. The molecular formula is C14H16N6O. The fourth-order valence-electron chi connectivity index (χ4n) is 2.28. The summed E-state index contributed by atoms with van der Waals surface area (Å²) in [5.41, 5.74) is 1.33. The number of aryl methyl sites for hydroxylation is 1. The van der Waals surface area contributed by atoms with Crippen LogP contribution in [-0.4, -0.2) is 30.6 Å². The third-order valence-electron chi connectivity index (χ3n) is 3.39. The van der Waals surface area contributed by atoms with Gasteiger partial charge in [-0.1, -0.05) is 19.8 Å². The monoisotopic (exact) mass is 284 g/mol. The zero-order valence-electron chi connectivity index (χ0n) is 11.8. The van der Waals surface area contributed by atoms with Crippen LogP contribution >= 0.6 is 0 Å². The van der Waals surface area contributed by atoms with Crippen LogP contribution in [0.3, 0.4) is 0 Å². The largest absolute Gasteiger partial charge is 0.310 e. The topological polar surface area (TPSA) is 100 Å². The van der Waals surface area contributed by atoms with Crippen molar-refractivity contribution >= 4 is 10.9 Å². The Kier molecular flexibility index (Phi) is 3.72. The predicted octanol–water partition coefficient (Wildman–Crippen LogP) is 1.84. The molecule has 0 unspecified atom stereocenters. The van der Waals surface area contributed by atoms with E-state index in [-0.39, 0.29) is 5.56 Å². The lowest BCUT2D eigenvalue weighted by Gasteiger charge is -2.04. The first-order valence-corrected chi connectivity index (χ1v) is 7.05. The number of nitrogens with one attached hydrogen (secondary N) is 2. The summed E-state index contributed by atoms with van der Waals surface area (Å²) in [4.78, 5) is 19.6. The third-order valence-corrected chi connectivity index (χ3v) is 3.39. The van der Waals surface area contributed by atoms with Gasteiger partial charge in [0, 0.05) is 12.0 Å². The summed E-state index contributed by atoms with van der Waals surface area (Å²) in [5.74, 6) is 1.28. The molecule has 7 heteroatoms. The second-order valence-electron chi connectivity index (χ2n) is 4.95. The fraction of sp³-hybridized carbons (Fsp3) is 0.357. The summed E-state index contributed by atoms with van der Waals surface area (Å²) in [7, 11) is 0. The van der Waals surface area contributed by atoms with Gasteiger partial charge in [0.2, 0.25) is 0 Å². The first-order valence-electron chi connectivity index (χ1n) is 7.05. The van der Waals surface area contributed by atoms with Gasteiger partial charge in [0.05, 0.1) is 10.9 Å². The summed E-state index contributed by atoms with van der Waals surface area (Å²) < 4.78 is 0. The van der Waals surface area contributed by atoms with Gasteiger partial charge in [-0.15, -0.1) is 5.10 Å². The maximum atomic E-state index is 12.2. The maximum absolute atomic E-state index is 12.2. The number of fused-ring (bicyclic) bond motifs is 1. The number of benzene rings is 1. The number of hydrogen-bond acceptors (Lipinski definition) is 5. The molecule has 21 heavy (non-hydrogen) atoms. The van der Waals surface area contributed by atoms with Crippen LogP contribution in [0.1, 0.15) is 32.0 Å². The Morgan fingerprint density at radius 1 is 1.24 bits per heavy atom. The van der Waals surface area contributed by atoms with E-state index in [0.29, 0.717) is 16.7 Å². The van der Waals surface area contributed by atoms with Gasteiger partial charge >= 0.3 is 0 Å². The van der Waals surface area contributed by atoms with Gasteiger partial charge in [0.25, 0.3) is 5.56 Å². The first-order chi connectivity index (χ1) is 10.3. The second-order valence-corrected chi connectivity index (χ2v) is 4.95. The minimum Gasteiger partial charge on any atom is -0.310 e. The van der Waals surface area contributed by atoms with E-state index in [1.54, 1.807) is 6.07 Å². The molecule has 0 fully saturated rings. The molecule has 108 valence electrons. The number of unbranched alkanes of at least 4 members (excludes halogenated alkanes) is 2. The highest BCUT2D eigenvalue weighted by Gasteiger charge is 2.08. The van der Waals surface area contributed by atoms with Crippen LogP contribution < -0.4 is 5.56 Å². The van der Waals surface area contributed by atoms with Crippen molar-refractivity contribution in [2.24, 2.45) is 0 Å². The molecular weight excluding hydrogens is 268 g/mol. The van der Waals surface area contributed by atoms with Crippen molar-refractivity contribution in [3.8, 4) is 11.4 Å². The molecule has 0 saturated heterocycles. The number of H-pyrrole nitrogens is 2. The Bertz CT molecular complexity index is 793. The predicted molar refractivity (Wildman–Crippen MR) is 78.8 cm³/mol. The van der Waals surface area contributed by atoms with Gasteiger partial charge in [-0.2, -0.15) is 0 Å². The minimum atomic E-state index is -0.124. The van der Waals surface area contributed by atoms with E-state index in [0.717, 1.165) is 37.1 Å². The average Bonchev–Trinajstić information content (AvgIpc) is 3.02. The molecule has 2 aromatic heterocycles. The van der Waals surface area contributed by atoms with E-state index >= 15 is 0 Å². The van der Waals surface area contributed by atoms with E-state index in [1.807, 2.05) is 12.1 Å². The van der Waals surface area contributed by atoms with Crippen molar-refractivity contribution < 1.29 is 0 Å². The van der Waals surface area contributed by atoms with Crippen LogP contribution in [0, 0.1) is 0 Å². The SMILES string of the molecule is CCCCCc1nc2ccc(-c3nnn[nH]3)cc2c(=O)[nH]1. The van der Waals surface area contributed by atoms with Gasteiger partial charge in [-0.3, -0.25) is 4.79 Å². The number of aromatic amines is 2. The fourth-order valence-corrected chi connectivity index (χ4v) is 2.28. The lowest BCUT2D eigenvalue weighted by Crippen LogP contribution is -2.12. The summed E-state index contributed by atoms with van der Waals surface area (Å²) >= 11 is 0. The van der Waals surface area contributed by atoms with Gasteiger partial charge in [-0.05, 0) is 35.0 Å². The van der Waals surface area contributed by atoms with E-state index in [1.165, 1.54) is 0 Å². The van der Waals surface area contributed by atoms with Gasteiger partial charge in [-0.25, -0.2) is 10.1 Å². The van der Waals surface area contributed by atoms with Gasteiger partial charge < -0.3 is 4.98 Å². The van der Waals surface area contributed by atoms with Crippen molar-refractivity contribution in [1.29, 1.82) is 0 Å². The van der Waals surface area contributed by atoms with Crippen LogP contribution in [0.5, 0.6) is 0 Å². The molecule has 0 saturated carbocycles. The van der Waals surface area contributed by atoms with Crippen LogP contribution in [-0.2, 0) is 6.42 Å². The Morgan fingerprint density at radius 2 is 2.14 bits per heavy atom. The first kappa shape index (κ1) is 13.4. The Morgan fingerprint density at radius 3 is 2.90 bits per heavy atom. The third kappa shape index (κ3) is 2.81. The zero-order valence-corrected chi connectivity index (χ0v) is 11.8. The quantitative estimate of drug-likeness (QED) is 0.696. The molecule has 0 aliphatic rings. The molecule has 2 N–H and O–H groups in total. The van der Waals surface area contributed by atoms with Crippen molar-refractivity contribution in [2.75, 3.05) is 0 Å². The number of tetrazole rings is 1. The average molecular weight is 284 g/mol. The molecule has 0 spiro atoms. The van der Waals surface area contributed by atoms with Crippen LogP contribution in [0.15, 0.2) is 23.0 Å².